The highest BCUT2D eigenvalue weighted by molar-refractivity contribution is 6.06. The van der Waals surface area contributed by atoms with Crippen LogP contribution in [0.1, 0.15) is 44.4 Å². The summed E-state index contributed by atoms with van der Waals surface area (Å²) < 4.78 is 23.0. The minimum Gasteiger partial charge on any atom is -0.490 e. The first-order valence-electron chi connectivity index (χ1n) is 10.3. The predicted molar refractivity (Wildman–Crippen MR) is 117 cm³/mol. The summed E-state index contributed by atoms with van der Waals surface area (Å²) >= 11 is 0. The normalized spacial score (nSPS) is 12.2. The highest BCUT2D eigenvalue weighted by atomic mass is 16.5. The summed E-state index contributed by atoms with van der Waals surface area (Å²) in [4.78, 5) is 4.65. The maximum Gasteiger partial charge on any atom is 0.266 e. The Morgan fingerprint density at radius 2 is 1.28 bits per heavy atom. The van der Waals surface area contributed by atoms with Crippen LogP contribution < -0.4 is 23.9 Å². The predicted octanol–water partition coefficient (Wildman–Crippen LogP) is 4.63. The zero-order valence-electron chi connectivity index (χ0n) is 17.7. The Bertz CT molecular complexity index is 902. The van der Waals surface area contributed by atoms with Crippen molar-refractivity contribution in [1.29, 1.82) is 0 Å². The maximum absolute atomic E-state index is 5.81. The maximum atomic E-state index is 5.81. The first kappa shape index (κ1) is 20.8. The van der Waals surface area contributed by atoms with E-state index in [1.807, 2.05) is 64.2 Å². The van der Waals surface area contributed by atoms with Crippen LogP contribution in [0.25, 0.3) is 6.08 Å². The van der Waals surface area contributed by atoms with Crippen molar-refractivity contribution in [1.82, 2.24) is 4.99 Å². The minimum atomic E-state index is 0.581. The molecule has 3 rings (SSSR count). The summed E-state index contributed by atoms with van der Waals surface area (Å²) in [5.74, 6) is 3.04. The lowest BCUT2D eigenvalue weighted by Crippen LogP contribution is -2.16. The molecular weight excluding hydrogens is 366 g/mol. The molecule has 0 spiro atoms. The van der Waals surface area contributed by atoms with Crippen LogP contribution in [0.2, 0.25) is 0 Å². The van der Waals surface area contributed by atoms with Gasteiger partial charge in [-0.1, -0.05) is 6.07 Å². The van der Waals surface area contributed by atoms with Crippen LogP contribution in [0.15, 0.2) is 36.5 Å². The van der Waals surface area contributed by atoms with Crippen molar-refractivity contribution in [3.8, 4) is 23.0 Å². The molecule has 1 radical (unpaired) electrons. The van der Waals surface area contributed by atoms with Crippen LogP contribution in [-0.2, 0) is 6.42 Å². The fourth-order valence-electron chi connectivity index (χ4n) is 3.32. The first-order valence-corrected chi connectivity index (χ1v) is 10.3. The molecule has 5 nitrogen and oxygen atoms in total. The molecular formula is C24H29NO4+. The molecule has 0 fully saturated rings. The molecule has 1 heterocycles. The SMILES string of the molecule is CCOc1ccc(CC2=[N+]C=Cc3cc(OCC)c(OCC)cc32)cc1OCC. The van der Waals surface area contributed by atoms with Crippen molar-refractivity contribution in [2.75, 3.05) is 26.4 Å². The molecule has 0 amide bonds. The molecule has 5 heteroatoms. The van der Waals surface area contributed by atoms with Crippen molar-refractivity contribution in [2.24, 2.45) is 0 Å². The Kier molecular flexibility index (Phi) is 7.17. The van der Waals surface area contributed by atoms with Gasteiger partial charge in [-0.05, 0) is 63.1 Å². The van der Waals surface area contributed by atoms with Gasteiger partial charge in [0.1, 0.15) is 0 Å². The fraction of sp³-hybridized carbons (Fsp3) is 0.375. The lowest BCUT2D eigenvalue weighted by molar-refractivity contribution is 0.287. The molecule has 0 saturated carbocycles. The van der Waals surface area contributed by atoms with E-state index in [4.69, 9.17) is 18.9 Å². The minimum absolute atomic E-state index is 0.581. The van der Waals surface area contributed by atoms with Crippen molar-refractivity contribution >= 4 is 11.8 Å². The molecule has 0 atom stereocenters. The number of benzene rings is 2. The Balaban J connectivity index is 1.92. The van der Waals surface area contributed by atoms with Crippen LogP contribution in [0.3, 0.4) is 0 Å². The van der Waals surface area contributed by atoms with Crippen molar-refractivity contribution in [3.63, 3.8) is 0 Å². The lowest BCUT2D eigenvalue weighted by Gasteiger charge is -2.15. The molecule has 29 heavy (non-hydrogen) atoms. The summed E-state index contributed by atoms with van der Waals surface area (Å²) in [6, 6.07) is 10.1. The number of aliphatic imine (C=N–C) groups is 1. The topological polar surface area (TPSA) is 51.0 Å². The second kappa shape index (κ2) is 10.0. The average Bonchev–Trinajstić information content (AvgIpc) is 2.71. The van der Waals surface area contributed by atoms with Gasteiger partial charge in [-0.25, -0.2) is 0 Å². The van der Waals surface area contributed by atoms with Crippen LogP contribution in [0.4, 0.5) is 0 Å². The summed E-state index contributed by atoms with van der Waals surface area (Å²) in [5.41, 5.74) is 4.24. The second-order valence-corrected chi connectivity index (χ2v) is 6.47. The largest absolute Gasteiger partial charge is 0.490 e. The molecule has 153 valence electrons. The van der Waals surface area contributed by atoms with Crippen LogP contribution >= 0.6 is 0 Å². The summed E-state index contributed by atoms with van der Waals surface area (Å²) in [6.07, 6.45) is 4.52. The zero-order valence-corrected chi connectivity index (χ0v) is 17.7. The van der Waals surface area contributed by atoms with Crippen LogP contribution in [0, 0.1) is 0 Å². The molecule has 0 aliphatic carbocycles. The molecule has 2 aromatic rings. The van der Waals surface area contributed by atoms with E-state index in [0.29, 0.717) is 32.8 Å². The number of fused-ring (bicyclic) bond motifs is 1. The number of nitrogens with zero attached hydrogens (tertiary/aromatic N) is 1. The number of ether oxygens (including phenoxy) is 4. The van der Waals surface area contributed by atoms with E-state index in [1.54, 1.807) is 0 Å². The van der Waals surface area contributed by atoms with E-state index in [-0.39, 0.29) is 0 Å². The Morgan fingerprint density at radius 3 is 1.93 bits per heavy atom. The molecule has 0 bridgehead atoms. The smallest absolute Gasteiger partial charge is 0.266 e. The number of rotatable bonds is 10. The van der Waals surface area contributed by atoms with E-state index < -0.39 is 0 Å². The van der Waals surface area contributed by atoms with Gasteiger partial charge in [0.05, 0.1) is 43.4 Å². The quantitative estimate of drug-likeness (QED) is 0.588. The Hall–Kier alpha value is -2.95. The molecule has 2 aromatic carbocycles. The van der Waals surface area contributed by atoms with Gasteiger partial charge in [0.2, 0.25) is 6.20 Å². The third kappa shape index (κ3) is 4.91. The third-order valence-corrected chi connectivity index (χ3v) is 4.49. The number of hydrogen-bond acceptors (Lipinski definition) is 5. The monoisotopic (exact) mass is 395 g/mol. The summed E-state index contributed by atoms with van der Waals surface area (Å²) in [6.45, 7) is 10.3. The van der Waals surface area contributed by atoms with Gasteiger partial charge in [-0.3, -0.25) is 0 Å². The first-order chi connectivity index (χ1) is 14.2. The van der Waals surface area contributed by atoms with E-state index in [0.717, 1.165) is 45.4 Å². The van der Waals surface area contributed by atoms with Crippen molar-refractivity contribution in [3.05, 3.63) is 53.2 Å². The van der Waals surface area contributed by atoms with Gasteiger partial charge < -0.3 is 18.9 Å². The third-order valence-electron chi connectivity index (χ3n) is 4.49. The molecule has 0 N–H and O–H groups in total. The van der Waals surface area contributed by atoms with E-state index in [9.17, 15) is 0 Å². The molecule has 0 saturated heterocycles. The number of hydrogen-bond donors (Lipinski definition) is 0. The molecule has 0 unspecified atom stereocenters. The van der Waals surface area contributed by atoms with Gasteiger partial charge in [-0.2, -0.15) is 0 Å². The van der Waals surface area contributed by atoms with Crippen LogP contribution in [-0.4, -0.2) is 32.1 Å². The van der Waals surface area contributed by atoms with Crippen molar-refractivity contribution in [2.45, 2.75) is 34.1 Å². The summed E-state index contributed by atoms with van der Waals surface area (Å²) in [5, 5.41) is 0. The van der Waals surface area contributed by atoms with Gasteiger partial charge in [-0.15, -0.1) is 0 Å². The van der Waals surface area contributed by atoms with Gasteiger partial charge >= 0.3 is 0 Å². The van der Waals surface area contributed by atoms with E-state index in [1.165, 1.54) is 0 Å². The van der Waals surface area contributed by atoms with Crippen LogP contribution in [0.5, 0.6) is 23.0 Å². The standard InChI is InChI=1S/C24H29NO4/c1-5-26-21-10-9-17(14-22(21)27-6-2)13-20-19-16-24(29-8-4)23(28-7-3)15-18(19)11-12-25-20/h9-12,14-16H,5-8,13H2,1-4H3/q+1. The molecule has 0 aromatic heterocycles. The fourth-order valence-corrected chi connectivity index (χ4v) is 3.32. The summed E-state index contributed by atoms with van der Waals surface area (Å²) in [7, 11) is 0. The Labute approximate surface area is 173 Å². The second-order valence-electron chi connectivity index (χ2n) is 6.47. The van der Waals surface area contributed by atoms with Crippen molar-refractivity contribution < 1.29 is 18.9 Å². The molecule has 1 aliphatic rings. The highest BCUT2D eigenvalue weighted by Crippen LogP contribution is 2.34. The zero-order chi connectivity index (χ0) is 20.6. The van der Waals surface area contributed by atoms with Gasteiger partial charge in [0, 0.05) is 6.08 Å². The highest BCUT2D eigenvalue weighted by Gasteiger charge is 2.25. The van der Waals surface area contributed by atoms with E-state index in [2.05, 4.69) is 11.1 Å². The average molecular weight is 395 g/mol. The van der Waals surface area contributed by atoms with Gasteiger partial charge in [0.15, 0.2) is 23.0 Å². The van der Waals surface area contributed by atoms with Gasteiger partial charge in [0.25, 0.3) is 5.71 Å². The van der Waals surface area contributed by atoms with E-state index >= 15 is 0 Å². The Morgan fingerprint density at radius 1 is 0.690 bits per heavy atom. The molecule has 1 aliphatic heterocycles. The lowest BCUT2D eigenvalue weighted by atomic mass is 9.95.